The lowest BCUT2D eigenvalue weighted by Crippen LogP contribution is -1.91. The average Bonchev–Trinajstić information content (AvgIpc) is 2.87. The fourth-order valence-electron chi connectivity index (χ4n) is 1.64. The Morgan fingerprint density at radius 3 is 3.00 bits per heavy atom. The van der Waals surface area contributed by atoms with Gasteiger partial charge in [-0.05, 0) is 23.8 Å². The molecular weight excluding hydrogens is 272 g/mol. The van der Waals surface area contributed by atoms with Gasteiger partial charge in [-0.3, -0.25) is 0 Å². The van der Waals surface area contributed by atoms with Gasteiger partial charge in [0.15, 0.2) is 0 Å². The van der Waals surface area contributed by atoms with Crippen molar-refractivity contribution in [2.75, 3.05) is 5.75 Å². The highest BCUT2D eigenvalue weighted by molar-refractivity contribution is 7.98. The molecule has 0 aliphatic rings. The molecule has 0 radical (unpaired) electrons. The largest absolute Gasteiger partial charge is 0.240 e. The first kappa shape index (κ1) is 14.1. The van der Waals surface area contributed by atoms with Gasteiger partial charge in [-0.25, -0.2) is 4.98 Å². The van der Waals surface area contributed by atoms with Crippen molar-refractivity contribution in [3.8, 4) is 17.3 Å². The monoisotopic (exact) mass is 288 g/mol. The third kappa shape index (κ3) is 4.09. The lowest BCUT2D eigenvalue weighted by molar-refractivity contribution is 0.750. The zero-order valence-corrected chi connectivity index (χ0v) is 12.7. The summed E-state index contributed by atoms with van der Waals surface area (Å²) in [5.41, 5.74) is 2.68. The van der Waals surface area contributed by atoms with Gasteiger partial charge >= 0.3 is 0 Å². The summed E-state index contributed by atoms with van der Waals surface area (Å²) in [4.78, 5) is 4.64. The maximum atomic E-state index is 8.91. The number of nitriles is 1. The van der Waals surface area contributed by atoms with Crippen LogP contribution in [0.4, 0.5) is 0 Å². The van der Waals surface area contributed by atoms with Gasteiger partial charge in [0.1, 0.15) is 5.01 Å². The fourth-order valence-corrected chi connectivity index (χ4v) is 3.58. The molecule has 1 aromatic heterocycles. The molecule has 98 valence electrons. The third-order valence-electron chi connectivity index (χ3n) is 2.52. The molecule has 0 atom stereocenters. The second-order valence-corrected chi connectivity index (χ2v) is 6.70. The van der Waals surface area contributed by atoms with E-state index >= 15 is 0 Å². The predicted molar refractivity (Wildman–Crippen MR) is 83.3 cm³/mol. The molecule has 4 heteroatoms. The Kier molecular flexibility index (Phi) is 5.00. The Labute approximate surface area is 122 Å². The zero-order chi connectivity index (χ0) is 13.7. The maximum Gasteiger partial charge on any atom is 0.103 e. The highest BCUT2D eigenvalue weighted by Crippen LogP contribution is 2.25. The second kappa shape index (κ2) is 6.74. The van der Waals surface area contributed by atoms with Gasteiger partial charge < -0.3 is 0 Å². The van der Waals surface area contributed by atoms with Crippen molar-refractivity contribution in [1.29, 1.82) is 5.26 Å². The molecule has 0 saturated carbocycles. The average molecular weight is 288 g/mol. The van der Waals surface area contributed by atoms with Crippen LogP contribution < -0.4 is 0 Å². The number of hydrogen-bond acceptors (Lipinski definition) is 4. The summed E-state index contributed by atoms with van der Waals surface area (Å²) < 4.78 is 0. The molecule has 0 N–H and O–H groups in total. The van der Waals surface area contributed by atoms with E-state index in [0.29, 0.717) is 5.56 Å². The van der Waals surface area contributed by atoms with Crippen molar-refractivity contribution in [3.05, 3.63) is 40.2 Å². The molecule has 0 aliphatic heterocycles. The van der Waals surface area contributed by atoms with Crippen LogP contribution in [0.15, 0.2) is 29.6 Å². The number of aromatic nitrogens is 1. The molecule has 0 bridgehead atoms. The SMILES string of the molecule is CC(C)CSCc1nc(-c2cccc(C#N)c2)cs1. The molecule has 0 aliphatic carbocycles. The third-order valence-corrected chi connectivity index (χ3v) is 4.93. The highest BCUT2D eigenvalue weighted by atomic mass is 32.2. The highest BCUT2D eigenvalue weighted by Gasteiger charge is 2.06. The Morgan fingerprint density at radius 2 is 2.26 bits per heavy atom. The minimum Gasteiger partial charge on any atom is -0.240 e. The zero-order valence-electron chi connectivity index (χ0n) is 11.1. The topological polar surface area (TPSA) is 36.7 Å². The predicted octanol–water partition coefficient (Wildman–Crippen LogP) is 4.57. The van der Waals surface area contributed by atoms with E-state index in [-0.39, 0.29) is 0 Å². The van der Waals surface area contributed by atoms with E-state index in [4.69, 9.17) is 5.26 Å². The van der Waals surface area contributed by atoms with Crippen molar-refractivity contribution in [2.24, 2.45) is 5.92 Å². The first-order chi connectivity index (χ1) is 9.19. The van der Waals surface area contributed by atoms with Crippen molar-refractivity contribution in [1.82, 2.24) is 4.98 Å². The van der Waals surface area contributed by atoms with Crippen molar-refractivity contribution >= 4 is 23.1 Å². The summed E-state index contributed by atoms with van der Waals surface area (Å²) in [6.45, 7) is 4.46. The summed E-state index contributed by atoms with van der Waals surface area (Å²) >= 11 is 3.62. The van der Waals surface area contributed by atoms with Gasteiger partial charge in [-0.15, -0.1) is 11.3 Å². The number of hydrogen-bond donors (Lipinski definition) is 0. The Balaban J connectivity index is 2.06. The van der Waals surface area contributed by atoms with E-state index in [1.807, 2.05) is 36.0 Å². The number of benzene rings is 1. The molecule has 0 fully saturated rings. The number of thioether (sulfide) groups is 1. The second-order valence-electron chi connectivity index (χ2n) is 4.73. The normalized spacial score (nSPS) is 10.6. The molecule has 0 unspecified atom stereocenters. The molecule has 1 aromatic carbocycles. The van der Waals surface area contributed by atoms with Crippen LogP contribution in [-0.4, -0.2) is 10.7 Å². The summed E-state index contributed by atoms with van der Waals surface area (Å²) in [6.07, 6.45) is 0. The van der Waals surface area contributed by atoms with Crippen LogP contribution in [0.2, 0.25) is 0 Å². The standard InChI is InChI=1S/C15H16N2S2/c1-11(2)8-18-10-15-17-14(9-19-15)13-5-3-4-12(6-13)7-16/h3-6,9,11H,8,10H2,1-2H3. The number of nitrogens with zero attached hydrogens (tertiary/aromatic N) is 2. The van der Waals surface area contributed by atoms with E-state index in [9.17, 15) is 0 Å². The minimum atomic E-state index is 0.682. The smallest absolute Gasteiger partial charge is 0.103 e. The molecule has 0 spiro atoms. The molecule has 2 nitrogen and oxygen atoms in total. The van der Waals surface area contributed by atoms with Gasteiger partial charge in [-0.2, -0.15) is 17.0 Å². The molecule has 19 heavy (non-hydrogen) atoms. The molecule has 2 aromatic rings. The van der Waals surface area contributed by atoms with Gasteiger partial charge in [0.05, 0.1) is 17.3 Å². The Morgan fingerprint density at radius 1 is 1.42 bits per heavy atom. The summed E-state index contributed by atoms with van der Waals surface area (Å²) in [7, 11) is 0. The molecular formula is C15H16N2S2. The maximum absolute atomic E-state index is 8.91. The van der Waals surface area contributed by atoms with Crippen LogP contribution in [0.1, 0.15) is 24.4 Å². The van der Waals surface area contributed by atoms with Crippen molar-refractivity contribution in [2.45, 2.75) is 19.6 Å². The van der Waals surface area contributed by atoms with E-state index < -0.39 is 0 Å². The van der Waals surface area contributed by atoms with Crippen LogP contribution in [0.3, 0.4) is 0 Å². The van der Waals surface area contributed by atoms with Crippen LogP contribution in [0.5, 0.6) is 0 Å². The first-order valence-corrected chi connectivity index (χ1v) is 8.25. The van der Waals surface area contributed by atoms with Gasteiger partial charge in [0, 0.05) is 16.7 Å². The number of thiazole rings is 1. The molecule has 1 heterocycles. The van der Waals surface area contributed by atoms with E-state index in [1.165, 1.54) is 5.75 Å². The molecule has 0 saturated heterocycles. The van der Waals surface area contributed by atoms with Crippen molar-refractivity contribution in [3.63, 3.8) is 0 Å². The molecule has 2 rings (SSSR count). The summed E-state index contributed by atoms with van der Waals surface area (Å²) in [5.74, 6) is 2.86. The van der Waals surface area contributed by atoms with E-state index in [0.717, 1.165) is 27.9 Å². The Hall–Kier alpha value is -1.31. The quantitative estimate of drug-likeness (QED) is 0.808. The van der Waals surface area contributed by atoms with Gasteiger partial charge in [-0.1, -0.05) is 26.0 Å². The van der Waals surface area contributed by atoms with Crippen LogP contribution in [-0.2, 0) is 5.75 Å². The lowest BCUT2D eigenvalue weighted by atomic mass is 10.1. The first-order valence-electron chi connectivity index (χ1n) is 6.21. The lowest BCUT2D eigenvalue weighted by Gasteiger charge is -2.01. The summed E-state index contributed by atoms with van der Waals surface area (Å²) in [5, 5.41) is 12.1. The van der Waals surface area contributed by atoms with Crippen LogP contribution in [0, 0.1) is 17.2 Å². The fraction of sp³-hybridized carbons (Fsp3) is 0.333. The van der Waals surface area contributed by atoms with E-state index in [1.54, 1.807) is 11.3 Å². The van der Waals surface area contributed by atoms with Crippen LogP contribution >= 0.6 is 23.1 Å². The molecule has 0 amide bonds. The van der Waals surface area contributed by atoms with Crippen LogP contribution in [0.25, 0.3) is 11.3 Å². The minimum absolute atomic E-state index is 0.682. The Bertz CT molecular complexity index is 582. The van der Waals surface area contributed by atoms with Gasteiger partial charge in [0.2, 0.25) is 0 Å². The van der Waals surface area contributed by atoms with E-state index in [2.05, 4.69) is 30.3 Å². The summed E-state index contributed by atoms with van der Waals surface area (Å²) in [6, 6.07) is 9.77. The number of rotatable bonds is 5. The van der Waals surface area contributed by atoms with Gasteiger partial charge in [0.25, 0.3) is 0 Å². The van der Waals surface area contributed by atoms with Crippen molar-refractivity contribution < 1.29 is 0 Å².